The van der Waals surface area contributed by atoms with Crippen molar-refractivity contribution in [1.82, 2.24) is 9.36 Å². The van der Waals surface area contributed by atoms with Gasteiger partial charge in [-0.25, -0.2) is 4.68 Å². The monoisotopic (exact) mass is 281 g/mol. The fourth-order valence-electron chi connectivity index (χ4n) is 2.07. The summed E-state index contributed by atoms with van der Waals surface area (Å²) >= 11 is 5.86. The molecule has 0 fully saturated rings. The Labute approximate surface area is 116 Å². The number of nitrogen functional groups attached to an aromatic ring is 1. The number of anilines is 1. The lowest BCUT2D eigenvalue weighted by atomic mass is 10.3. The van der Waals surface area contributed by atoms with Gasteiger partial charge in [-0.05, 0) is 31.2 Å². The molecule has 0 radical (unpaired) electrons. The predicted octanol–water partition coefficient (Wildman–Crippen LogP) is 2.04. The molecule has 0 amide bonds. The summed E-state index contributed by atoms with van der Waals surface area (Å²) in [6, 6.07) is 7.04. The Hall–Kier alpha value is -1.72. The molecule has 2 aromatic rings. The molecule has 1 aromatic heterocycles. The summed E-state index contributed by atoms with van der Waals surface area (Å²) in [5.74, 6) is 0. The average molecular weight is 282 g/mol. The summed E-state index contributed by atoms with van der Waals surface area (Å²) in [5.41, 5.74) is 7.27. The van der Waals surface area contributed by atoms with Crippen LogP contribution in [0, 0.1) is 0 Å². The van der Waals surface area contributed by atoms with E-state index in [1.165, 1.54) is 0 Å². The first-order valence-electron chi connectivity index (χ1n) is 5.95. The van der Waals surface area contributed by atoms with E-state index in [0.717, 1.165) is 5.69 Å². The molecule has 0 saturated heterocycles. The van der Waals surface area contributed by atoms with Crippen molar-refractivity contribution in [3.8, 4) is 5.69 Å². The molecular weight excluding hydrogens is 266 g/mol. The summed E-state index contributed by atoms with van der Waals surface area (Å²) in [6.45, 7) is 2.87. The van der Waals surface area contributed by atoms with E-state index < -0.39 is 0 Å². The normalized spacial score (nSPS) is 10.9. The number of benzene rings is 1. The van der Waals surface area contributed by atoms with E-state index in [1.54, 1.807) is 36.1 Å². The lowest BCUT2D eigenvalue weighted by molar-refractivity contribution is 0.176. The summed E-state index contributed by atoms with van der Waals surface area (Å²) in [7, 11) is 1.57. The Morgan fingerprint density at radius 2 is 1.95 bits per heavy atom. The second-order valence-corrected chi connectivity index (χ2v) is 4.54. The van der Waals surface area contributed by atoms with E-state index in [2.05, 4.69) is 0 Å². The van der Waals surface area contributed by atoms with E-state index in [-0.39, 0.29) is 11.2 Å². The molecule has 1 heterocycles. The van der Waals surface area contributed by atoms with Gasteiger partial charge in [0.2, 0.25) is 0 Å². The lowest BCUT2D eigenvalue weighted by Gasteiger charge is -2.12. The SMILES string of the molecule is CCn1c(COC)c(N)c(=O)n1-c1ccc(Cl)cc1. The smallest absolute Gasteiger partial charge is 0.294 e. The van der Waals surface area contributed by atoms with Crippen molar-refractivity contribution in [2.24, 2.45) is 0 Å². The summed E-state index contributed by atoms with van der Waals surface area (Å²) in [4.78, 5) is 12.3. The first-order chi connectivity index (χ1) is 9.10. The number of nitrogens with two attached hydrogens (primary N) is 1. The minimum absolute atomic E-state index is 0.221. The third-order valence-electron chi connectivity index (χ3n) is 2.94. The molecule has 0 spiro atoms. The van der Waals surface area contributed by atoms with Gasteiger partial charge in [0.25, 0.3) is 5.56 Å². The first kappa shape index (κ1) is 13.7. The number of aromatic nitrogens is 2. The highest BCUT2D eigenvalue weighted by atomic mass is 35.5. The molecule has 5 nitrogen and oxygen atoms in total. The van der Waals surface area contributed by atoms with Crippen molar-refractivity contribution in [3.05, 3.63) is 45.3 Å². The molecule has 102 valence electrons. The standard InChI is InChI=1S/C13H16ClN3O2/c1-3-16-11(8-19-2)12(15)13(18)17(16)10-6-4-9(14)5-7-10/h4-7H,3,8,15H2,1-2H3. The van der Waals surface area contributed by atoms with Gasteiger partial charge in [-0.1, -0.05) is 11.6 Å². The predicted molar refractivity (Wildman–Crippen MR) is 75.8 cm³/mol. The number of halogens is 1. The molecule has 0 aliphatic rings. The van der Waals surface area contributed by atoms with E-state index >= 15 is 0 Å². The molecule has 1 aromatic carbocycles. The summed E-state index contributed by atoms with van der Waals surface area (Å²) in [5, 5.41) is 0.622. The largest absolute Gasteiger partial charge is 0.393 e. The number of ether oxygens (including phenoxy) is 1. The van der Waals surface area contributed by atoms with Crippen LogP contribution in [0.25, 0.3) is 5.69 Å². The van der Waals surface area contributed by atoms with Gasteiger partial charge >= 0.3 is 0 Å². The maximum atomic E-state index is 12.3. The topological polar surface area (TPSA) is 62.2 Å². The Morgan fingerprint density at radius 1 is 1.32 bits per heavy atom. The van der Waals surface area contributed by atoms with Crippen molar-refractivity contribution in [2.75, 3.05) is 12.8 Å². The fourth-order valence-corrected chi connectivity index (χ4v) is 2.19. The maximum absolute atomic E-state index is 12.3. The van der Waals surface area contributed by atoms with Crippen LogP contribution in [0.4, 0.5) is 5.69 Å². The van der Waals surface area contributed by atoms with Crippen LogP contribution in [-0.4, -0.2) is 16.5 Å². The zero-order valence-corrected chi connectivity index (χ0v) is 11.6. The molecule has 6 heteroatoms. The minimum atomic E-state index is -0.240. The molecule has 0 bridgehead atoms. The molecule has 0 unspecified atom stereocenters. The Kier molecular flexibility index (Phi) is 3.97. The molecule has 2 rings (SSSR count). The Morgan fingerprint density at radius 3 is 2.47 bits per heavy atom. The lowest BCUT2D eigenvalue weighted by Crippen LogP contribution is -2.22. The van der Waals surface area contributed by atoms with Crippen molar-refractivity contribution in [3.63, 3.8) is 0 Å². The van der Waals surface area contributed by atoms with Gasteiger partial charge < -0.3 is 10.5 Å². The fraction of sp³-hybridized carbons (Fsp3) is 0.308. The summed E-state index contributed by atoms with van der Waals surface area (Å²) in [6.07, 6.45) is 0. The van der Waals surface area contributed by atoms with Crippen LogP contribution in [0.5, 0.6) is 0 Å². The second kappa shape index (κ2) is 5.50. The minimum Gasteiger partial charge on any atom is -0.393 e. The van der Waals surface area contributed by atoms with Crippen LogP contribution in [0.15, 0.2) is 29.1 Å². The number of nitrogens with zero attached hydrogens (tertiary/aromatic N) is 2. The molecule has 0 saturated carbocycles. The van der Waals surface area contributed by atoms with Gasteiger partial charge in [0.15, 0.2) is 0 Å². The van der Waals surface area contributed by atoms with Crippen molar-refractivity contribution < 1.29 is 4.74 Å². The van der Waals surface area contributed by atoms with E-state index in [9.17, 15) is 4.79 Å². The second-order valence-electron chi connectivity index (χ2n) is 4.10. The van der Waals surface area contributed by atoms with Crippen molar-refractivity contribution in [2.45, 2.75) is 20.1 Å². The Bertz CT molecular complexity index is 629. The highest BCUT2D eigenvalue weighted by molar-refractivity contribution is 6.30. The first-order valence-corrected chi connectivity index (χ1v) is 6.33. The number of hydrogen-bond acceptors (Lipinski definition) is 3. The highest BCUT2D eigenvalue weighted by Gasteiger charge is 2.17. The van der Waals surface area contributed by atoms with Gasteiger partial charge in [-0.15, -0.1) is 0 Å². The van der Waals surface area contributed by atoms with Gasteiger partial charge in [0, 0.05) is 18.7 Å². The third-order valence-corrected chi connectivity index (χ3v) is 3.19. The quantitative estimate of drug-likeness (QED) is 0.933. The van der Waals surface area contributed by atoms with Crippen LogP contribution < -0.4 is 11.3 Å². The van der Waals surface area contributed by atoms with Gasteiger partial charge in [0.05, 0.1) is 18.0 Å². The molecule has 19 heavy (non-hydrogen) atoms. The number of methoxy groups -OCH3 is 1. The average Bonchev–Trinajstić information content (AvgIpc) is 2.65. The zero-order valence-electron chi connectivity index (χ0n) is 10.9. The Balaban J connectivity index is 2.66. The molecule has 0 aliphatic carbocycles. The van der Waals surface area contributed by atoms with E-state index in [4.69, 9.17) is 22.1 Å². The molecular formula is C13H16ClN3O2. The van der Waals surface area contributed by atoms with Crippen molar-refractivity contribution >= 4 is 17.3 Å². The number of rotatable bonds is 4. The highest BCUT2D eigenvalue weighted by Crippen LogP contribution is 2.16. The van der Waals surface area contributed by atoms with E-state index in [0.29, 0.717) is 23.9 Å². The van der Waals surface area contributed by atoms with Crippen LogP contribution >= 0.6 is 11.6 Å². The van der Waals surface area contributed by atoms with E-state index in [1.807, 2.05) is 11.6 Å². The molecule has 0 aliphatic heterocycles. The van der Waals surface area contributed by atoms with Crippen LogP contribution in [-0.2, 0) is 17.9 Å². The molecule has 2 N–H and O–H groups in total. The molecule has 0 atom stereocenters. The summed E-state index contributed by atoms with van der Waals surface area (Å²) < 4.78 is 8.45. The van der Waals surface area contributed by atoms with Crippen LogP contribution in [0.1, 0.15) is 12.6 Å². The maximum Gasteiger partial charge on any atom is 0.294 e. The van der Waals surface area contributed by atoms with Crippen LogP contribution in [0.3, 0.4) is 0 Å². The van der Waals surface area contributed by atoms with Gasteiger partial charge in [-0.2, -0.15) is 0 Å². The number of hydrogen-bond donors (Lipinski definition) is 1. The zero-order chi connectivity index (χ0) is 14.0. The van der Waals surface area contributed by atoms with Crippen molar-refractivity contribution in [1.29, 1.82) is 0 Å². The van der Waals surface area contributed by atoms with Crippen LogP contribution in [0.2, 0.25) is 5.02 Å². The third kappa shape index (κ3) is 2.39. The van der Waals surface area contributed by atoms with Gasteiger partial charge in [0.1, 0.15) is 5.69 Å². The van der Waals surface area contributed by atoms with Gasteiger partial charge in [-0.3, -0.25) is 9.48 Å².